The van der Waals surface area contributed by atoms with E-state index in [2.05, 4.69) is 11.7 Å². The topological polar surface area (TPSA) is 147 Å². The molecule has 0 unspecified atom stereocenters. The van der Waals surface area contributed by atoms with Gasteiger partial charge < -0.3 is 20.5 Å². The van der Waals surface area contributed by atoms with Crippen molar-refractivity contribution in [2.24, 2.45) is 11.7 Å². The van der Waals surface area contributed by atoms with Gasteiger partial charge in [0.2, 0.25) is 0 Å². The van der Waals surface area contributed by atoms with Crippen LogP contribution in [0.2, 0.25) is 0 Å². The summed E-state index contributed by atoms with van der Waals surface area (Å²) < 4.78 is 0. The van der Waals surface area contributed by atoms with E-state index in [9.17, 15) is 0 Å². The first-order chi connectivity index (χ1) is 2.73. The predicted molar refractivity (Wildman–Crippen MR) is 17.4 cm³/mol. The summed E-state index contributed by atoms with van der Waals surface area (Å²) in [6, 6.07) is 0. The van der Waals surface area contributed by atoms with Crippen LogP contribution in [0.25, 0.3) is 0 Å². The SMILES string of the molecule is NN.O.O=C([O-])[O-].[K+].[K+]. The summed E-state index contributed by atoms with van der Waals surface area (Å²) in [4.78, 5) is 8.33. The summed E-state index contributed by atoms with van der Waals surface area (Å²) in [7, 11) is 0. The van der Waals surface area contributed by atoms with Gasteiger partial charge in [-0.15, -0.1) is 0 Å². The Morgan fingerprint density at radius 1 is 1.11 bits per heavy atom. The number of hydrogen-bond acceptors (Lipinski definition) is 5. The molecule has 0 bridgehead atoms. The van der Waals surface area contributed by atoms with E-state index in [0.29, 0.717) is 0 Å². The number of hydrazine groups is 1. The first kappa shape index (κ1) is 30.1. The molecule has 0 aromatic rings. The molecule has 0 saturated carbocycles. The smallest absolute Gasteiger partial charge is 0.652 e. The average Bonchev–Trinajstić information content (AvgIpc) is 1.41. The zero-order valence-corrected chi connectivity index (χ0v) is 11.6. The number of rotatable bonds is 0. The number of carbonyl (C=O) groups excluding carboxylic acids is 1. The molecule has 0 aliphatic rings. The quantitative estimate of drug-likeness (QED) is 0.220. The van der Waals surface area contributed by atoms with E-state index in [4.69, 9.17) is 15.0 Å². The summed E-state index contributed by atoms with van der Waals surface area (Å²) in [5.74, 6) is 8.00. The van der Waals surface area contributed by atoms with Crippen LogP contribution in [0.3, 0.4) is 0 Å². The molecule has 0 heterocycles. The van der Waals surface area contributed by atoms with Gasteiger partial charge in [0, 0.05) is 0 Å². The molecule has 6 N–H and O–H groups in total. The molecule has 8 heteroatoms. The third-order valence-electron chi connectivity index (χ3n) is 0. The second-order valence-electron chi connectivity index (χ2n) is 0.250. The number of nitrogens with two attached hydrogens (primary N) is 2. The van der Waals surface area contributed by atoms with Crippen LogP contribution in [0, 0.1) is 0 Å². The maximum Gasteiger partial charge on any atom is 1.00 e. The summed E-state index contributed by atoms with van der Waals surface area (Å²) >= 11 is 0. The molecule has 0 amide bonds. The van der Waals surface area contributed by atoms with Gasteiger partial charge in [-0.2, -0.15) is 0 Å². The molecule has 0 saturated heterocycles. The third kappa shape index (κ3) is 126. The van der Waals surface area contributed by atoms with Crippen LogP contribution in [0.15, 0.2) is 0 Å². The third-order valence-corrected chi connectivity index (χ3v) is 0. The van der Waals surface area contributed by atoms with E-state index in [-0.39, 0.29) is 108 Å². The number of carboxylic acid groups (broad SMARTS) is 2. The first-order valence-corrected chi connectivity index (χ1v) is 0.946. The van der Waals surface area contributed by atoms with Gasteiger partial charge in [-0.05, 0) is 6.16 Å². The van der Waals surface area contributed by atoms with Gasteiger partial charge in [-0.25, -0.2) is 0 Å². The molecule has 0 aromatic heterocycles. The minimum Gasteiger partial charge on any atom is -0.652 e. The van der Waals surface area contributed by atoms with Crippen LogP contribution in [-0.4, -0.2) is 11.6 Å². The summed E-state index contributed by atoms with van der Waals surface area (Å²) in [6.45, 7) is 0. The Kier molecular flexibility index (Phi) is 105. The minimum absolute atomic E-state index is 0. The van der Waals surface area contributed by atoms with E-state index in [0.717, 1.165) is 0 Å². The van der Waals surface area contributed by atoms with Crippen molar-refractivity contribution in [2.45, 2.75) is 0 Å². The van der Waals surface area contributed by atoms with Crippen molar-refractivity contribution in [1.82, 2.24) is 0 Å². The first-order valence-electron chi connectivity index (χ1n) is 0.946. The van der Waals surface area contributed by atoms with Crippen molar-refractivity contribution in [3.05, 3.63) is 0 Å². The normalized spacial score (nSPS) is 3.33. The van der Waals surface area contributed by atoms with Crippen molar-refractivity contribution in [2.75, 3.05) is 0 Å². The van der Waals surface area contributed by atoms with Crippen molar-refractivity contribution < 1.29 is 123 Å². The minimum atomic E-state index is -2.33. The molecule has 0 aliphatic heterocycles. The van der Waals surface area contributed by atoms with E-state index in [1.165, 1.54) is 0 Å². The van der Waals surface area contributed by atoms with Crippen LogP contribution in [0.1, 0.15) is 0 Å². The second kappa shape index (κ2) is 31.5. The van der Waals surface area contributed by atoms with Gasteiger partial charge in [0.1, 0.15) is 0 Å². The van der Waals surface area contributed by atoms with E-state index in [1.807, 2.05) is 0 Å². The van der Waals surface area contributed by atoms with Crippen LogP contribution < -0.4 is 125 Å². The Bertz CT molecular complexity index is 39.5. The molecule has 0 atom stereocenters. The molecule has 0 aromatic carbocycles. The van der Waals surface area contributed by atoms with Crippen molar-refractivity contribution in [3.63, 3.8) is 0 Å². The molecule has 0 fully saturated rings. The van der Waals surface area contributed by atoms with Crippen molar-refractivity contribution >= 4 is 6.16 Å². The van der Waals surface area contributed by atoms with Crippen LogP contribution >= 0.6 is 0 Å². The molecule has 46 valence electrons. The largest absolute Gasteiger partial charge is 1.00 e. The van der Waals surface area contributed by atoms with Gasteiger partial charge in [0.05, 0.1) is 0 Å². The summed E-state index contributed by atoms with van der Waals surface area (Å²) in [5.41, 5.74) is 0. The molecule has 6 nitrogen and oxygen atoms in total. The van der Waals surface area contributed by atoms with E-state index in [1.54, 1.807) is 0 Å². The van der Waals surface area contributed by atoms with Crippen molar-refractivity contribution in [3.8, 4) is 0 Å². The maximum absolute atomic E-state index is 8.33. The van der Waals surface area contributed by atoms with Gasteiger partial charge >= 0.3 is 103 Å². The van der Waals surface area contributed by atoms with Crippen LogP contribution in [-0.2, 0) is 0 Å². The zero-order chi connectivity index (χ0) is 5.58. The molecular formula is CH6K2N2O4. The van der Waals surface area contributed by atoms with Crippen LogP contribution in [0.5, 0.6) is 0 Å². The zero-order valence-electron chi connectivity index (χ0n) is 5.38. The summed E-state index contributed by atoms with van der Waals surface area (Å²) in [6.07, 6.45) is -2.33. The Labute approximate surface area is 137 Å². The Hall–Kier alpha value is 2.42. The fourth-order valence-corrected chi connectivity index (χ4v) is 0. The fourth-order valence-electron chi connectivity index (χ4n) is 0. The van der Waals surface area contributed by atoms with Gasteiger partial charge in [0.25, 0.3) is 0 Å². The Morgan fingerprint density at radius 2 is 1.11 bits per heavy atom. The van der Waals surface area contributed by atoms with Gasteiger partial charge in [0.15, 0.2) is 0 Å². The predicted octanol–water partition coefficient (Wildman–Crippen LogP) is -10.4. The standard InChI is InChI=1S/CH2O3.2K.H4N2.H2O/c2-1(3)4;;;1-2;/h(H2,2,3,4);;;1-2H2;1H2/q;2*+1;;/p-2. The van der Waals surface area contributed by atoms with E-state index >= 15 is 0 Å². The van der Waals surface area contributed by atoms with Crippen LogP contribution in [0.4, 0.5) is 4.79 Å². The molecule has 0 rings (SSSR count). The molecular weight excluding hydrogens is 182 g/mol. The molecule has 0 radical (unpaired) electrons. The number of carbonyl (C=O) groups is 1. The van der Waals surface area contributed by atoms with Crippen molar-refractivity contribution in [1.29, 1.82) is 0 Å². The Balaban J connectivity index is -0.00000000990. The van der Waals surface area contributed by atoms with Gasteiger partial charge in [-0.1, -0.05) is 0 Å². The number of hydrogen-bond donors (Lipinski definition) is 2. The molecule has 0 aliphatic carbocycles. The monoisotopic (exact) mass is 188 g/mol. The molecule has 9 heavy (non-hydrogen) atoms. The molecule has 0 spiro atoms. The van der Waals surface area contributed by atoms with E-state index < -0.39 is 6.16 Å². The maximum atomic E-state index is 8.33. The van der Waals surface area contributed by atoms with Gasteiger partial charge in [-0.3, -0.25) is 11.7 Å². The Morgan fingerprint density at radius 3 is 1.11 bits per heavy atom. The average molecular weight is 188 g/mol. The fraction of sp³-hybridized carbons (Fsp3) is 0. The second-order valence-corrected chi connectivity index (χ2v) is 0.250. The summed E-state index contributed by atoms with van der Waals surface area (Å²) in [5, 5.41) is 16.7.